The highest BCUT2D eigenvalue weighted by Gasteiger charge is 2.29. The highest BCUT2D eigenvalue weighted by Crippen LogP contribution is 2.30. The zero-order valence-electron chi connectivity index (χ0n) is 13.7. The second-order valence-corrected chi connectivity index (χ2v) is 6.89. The smallest absolute Gasteiger partial charge is 0.244 e. The standard InChI is InChI=1S/C20H19BrN2O2/c21-18-7-2-1-5-15(18)10-11-19(24)22-13-14-4-3-6-17(12-14)23-20(25)16-8-9-16/h1-7,10-12,16H,8-9,13H2,(H,22,24)(H,23,25). The van der Waals surface area contributed by atoms with E-state index in [2.05, 4.69) is 26.6 Å². The number of benzene rings is 2. The maximum absolute atomic E-state index is 12.0. The minimum Gasteiger partial charge on any atom is -0.348 e. The molecule has 0 saturated heterocycles. The van der Waals surface area contributed by atoms with E-state index in [1.165, 1.54) is 6.08 Å². The van der Waals surface area contributed by atoms with Crippen molar-refractivity contribution in [2.75, 3.05) is 5.32 Å². The van der Waals surface area contributed by atoms with Gasteiger partial charge in [0.2, 0.25) is 11.8 Å². The number of nitrogens with one attached hydrogen (secondary N) is 2. The van der Waals surface area contributed by atoms with E-state index in [0.29, 0.717) is 6.54 Å². The Hall–Kier alpha value is -2.40. The number of hydrogen-bond acceptors (Lipinski definition) is 2. The third kappa shape index (κ3) is 5.29. The molecule has 4 nitrogen and oxygen atoms in total. The molecular weight excluding hydrogens is 380 g/mol. The molecule has 0 heterocycles. The predicted molar refractivity (Wildman–Crippen MR) is 103 cm³/mol. The molecule has 2 aromatic carbocycles. The Morgan fingerprint density at radius 3 is 2.68 bits per heavy atom. The van der Waals surface area contributed by atoms with Gasteiger partial charge in [0, 0.05) is 28.7 Å². The summed E-state index contributed by atoms with van der Waals surface area (Å²) in [7, 11) is 0. The summed E-state index contributed by atoms with van der Waals surface area (Å²) >= 11 is 3.45. The molecule has 1 aliphatic carbocycles. The van der Waals surface area contributed by atoms with Crippen LogP contribution in [0, 0.1) is 5.92 Å². The molecule has 2 N–H and O–H groups in total. The van der Waals surface area contributed by atoms with Gasteiger partial charge in [-0.3, -0.25) is 9.59 Å². The highest BCUT2D eigenvalue weighted by atomic mass is 79.9. The average Bonchev–Trinajstić information content (AvgIpc) is 3.45. The summed E-state index contributed by atoms with van der Waals surface area (Å²) in [5.41, 5.74) is 2.66. The van der Waals surface area contributed by atoms with E-state index in [1.54, 1.807) is 6.08 Å². The normalized spacial score (nSPS) is 13.6. The van der Waals surface area contributed by atoms with E-state index in [1.807, 2.05) is 48.5 Å². The molecule has 128 valence electrons. The van der Waals surface area contributed by atoms with Gasteiger partial charge in [0.25, 0.3) is 0 Å². The van der Waals surface area contributed by atoms with Crippen LogP contribution in [-0.4, -0.2) is 11.8 Å². The van der Waals surface area contributed by atoms with E-state index < -0.39 is 0 Å². The fourth-order valence-electron chi connectivity index (χ4n) is 2.37. The van der Waals surface area contributed by atoms with Crippen LogP contribution < -0.4 is 10.6 Å². The number of rotatable bonds is 6. The van der Waals surface area contributed by atoms with E-state index in [0.717, 1.165) is 34.1 Å². The third-order valence-electron chi connectivity index (χ3n) is 3.93. The van der Waals surface area contributed by atoms with Crippen molar-refractivity contribution >= 4 is 39.5 Å². The first-order chi connectivity index (χ1) is 12.1. The van der Waals surface area contributed by atoms with E-state index in [4.69, 9.17) is 0 Å². The maximum atomic E-state index is 12.0. The fraction of sp³-hybridized carbons (Fsp3) is 0.200. The van der Waals surface area contributed by atoms with Crippen LogP contribution in [0.25, 0.3) is 6.08 Å². The van der Waals surface area contributed by atoms with Crippen LogP contribution in [0.5, 0.6) is 0 Å². The summed E-state index contributed by atoms with van der Waals surface area (Å²) in [5, 5.41) is 5.76. The second kappa shape index (κ2) is 8.12. The molecule has 0 spiro atoms. The molecule has 0 aliphatic heterocycles. The SMILES string of the molecule is O=C(C=Cc1ccccc1Br)NCc1cccc(NC(=O)C2CC2)c1. The van der Waals surface area contributed by atoms with Crippen molar-refractivity contribution in [3.63, 3.8) is 0 Å². The monoisotopic (exact) mass is 398 g/mol. The van der Waals surface area contributed by atoms with Crippen molar-refractivity contribution in [2.24, 2.45) is 5.92 Å². The maximum Gasteiger partial charge on any atom is 0.244 e. The summed E-state index contributed by atoms with van der Waals surface area (Å²) in [5.74, 6) is 0.0894. The molecule has 2 aromatic rings. The summed E-state index contributed by atoms with van der Waals surface area (Å²) in [6, 6.07) is 15.3. The lowest BCUT2D eigenvalue weighted by molar-refractivity contribution is -0.117. The Morgan fingerprint density at radius 1 is 1.12 bits per heavy atom. The van der Waals surface area contributed by atoms with Crippen molar-refractivity contribution in [3.8, 4) is 0 Å². The quantitative estimate of drug-likeness (QED) is 0.718. The van der Waals surface area contributed by atoms with Crippen LogP contribution in [-0.2, 0) is 16.1 Å². The Labute approximate surface area is 155 Å². The Morgan fingerprint density at radius 2 is 1.92 bits per heavy atom. The van der Waals surface area contributed by atoms with Gasteiger partial charge in [-0.1, -0.05) is 46.3 Å². The zero-order valence-corrected chi connectivity index (χ0v) is 15.3. The van der Waals surface area contributed by atoms with Gasteiger partial charge >= 0.3 is 0 Å². The molecule has 25 heavy (non-hydrogen) atoms. The summed E-state index contributed by atoms with van der Waals surface area (Å²) in [6.07, 6.45) is 5.24. The van der Waals surface area contributed by atoms with Crippen LogP contribution in [0.1, 0.15) is 24.0 Å². The molecule has 3 rings (SSSR count). The minimum atomic E-state index is -0.164. The Kier molecular flexibility index (Phi) is 5.66. The van der Waals surface area contributed by atoms with Gasteiger partial charge in [0.15, 0.2) is 0 Å². The van der Waals surface area contributed by atoms with Gasteiger partial charge in [-0.25, -0.2) is 0 Å². The van der Waals surface area contributed by atoms with Crippen molar-refractivity contribution in [3.05, 3.63) is 70.2 Å². The van der Waals surface area contributed by atoms with Crippen molar-refractivity contribution in [1.82, 2.24) is 5.32 Å². The average molecular weight is 399 g/mol. The van der Waals surface area contributed by atoms with E-state index >= 15 is 0 Å². The molecule has 1 saturated carbocycles. The summed E-state index contributed by atoms with van der Waals surface area (Å²) in [6.45, 7) is 0.409. The molecule has 0 unspecified atom stereocenters. The van der Waals surface area contributed by atoms with Gasteiger partial charge in [-0.2, -0.15) is 0 Å². The molecular formula is C20H19BrN2O2. The lowest BCUT2D eigenvalue weighted by atomic mass is 10.2. The van der Waals surface area contributed by atoms with Crippen molar-refractivity contribution in [1.29, 1.82) is 0 Å². The van der Waals surface area contributed by atoms with Crippen LogP contribution in [0.4, 0.5) is 5.69 Å². The lowest BCUT2D eigenvalue weighted by Crippen LogP contribution is -2.20. The molecule has 1 fully saturated rings. The lowest BCUT2D eigenvalue weighted by Gasteiger charge is -2.07. The van der Waals surface area contributed by atoms with Gasteiger partial charge in [-0.05, 0) is 48.2 Å². The van der Waals surface area contributed by atoms with Gasteiger partial charge in [-0.15, -0.1) is 0 Å². The van der Waals surface area contributed by atoms with E-state index in [-0.39, 0.29) is 17.7 Å². The Bertz CT molecular complexity index is 813. The van der Waals surface area contributed by atoms with Crippen molar-refractivity contribution in [2.45, 2.75) is 19.4 Å². The number of carbonyl (C=O) groups excluding carboxylic acids is 2. The van der Waals surface area contributed by atoms with Crippen LogP contribution in [0.15, 0.2) is 59.1 Å². The summed E-state index contributed by atoms with van der Waals surface area (Å²) in [4.78, 5) is 23.8. The van der Waals surface area contributed by atoms with Gasteiger partial charge in [0.1, 0.15) is 0 Å². The predicted octanol–water partition coefficient (Wildman–Crippen LogP) is 4.13. The fourth-order valence-corrected chi connectivity index (χ4v) is 2.79. The van der Waals surface area contributed by atoms with Crippen molar-refractivity contribution < 1.29 is 9.59 Å². The molecule has 0 radical (unpaired) electrons. The largest absolute Gasteiger partial charge is 0.348 e. The first-order valence-electron chi connectivity index (χ1n) is 8.22. The highest BCUT2D eigenvalue weighted by molar-refractivity contribution is 9.10. The first kappa shape index (κ1) is 17.4. The topological polar surface area (TPSA) is 58.2 Å². The Balaban J connectivity index is 1.53. The number of anilines is 1. The van der Waals surface area contributed by atoms with Crippen LogP contribution >= 0.6 is 15.9 Å². The van der Waals surface area contributed by atoms with Gasteiger partial charge < -0.3 is 10.6 Å². The molecule has 0 bridgehead atoms. The number of amides is 2. The number of hydrogen-bond donors (Lipinski definition) is 2. The number of halogens is 1. The number of carbonyl (C=O) groups is 2. The third-order valence-corrected chi connectivity index (χ3v) is 4.65. The molecule has 0 aromatic heterocycles. The van der Waals surface area contributed by atoms with Crippen LogP contribution in [0.2, 0.25) is 0 Å². The van der Waals surface area contributed by atoms with Gasteiger partial charge in [0.05, 0.1) is 0 Å². The minimum absolute atomic E-state index is 0.0811. The summed E-state index contributed by atoms with van der Waals surface area (Å²) < 4.78 is 0.943. The van der Waals surface area contributed by atoms with E-state index in [9.17, 15) is 9.59 Å². The zero-order chi connectivity index (χ0) is 17.6. The first-order valence-corrected chi connectivity index (χ1v) is 9.01. The molecule has 2 amide bonds. The molecule has 1 aliphatic rings. The molecule has 5 heteroatoms. The molecule has 0 atom stereocenters. The van der Waals surface area contributed by atoms with Crippen LogP contribution in [0.3, 0.4) is 0 Å². The second-order valence-electron chi connectivity index (χ2n) is 6.04.